The molecule has 2 rings (SSSR count). The molecule has 1 aromatic rings. The summed E-state index contributed by atoms with van der Waals surface area (Å²) in [5.41, 5.74) is 2.04. The normalized spacial score (nSPS) is 21.0. The largest absolute Gasteiger partial charge is 0.372 e. The van der Waals surface area contributed by atoms with E-state index in [1.165, 1.54) is 6.07 Å². The zero-order valence-corrected chi connectivity index (χ0v) is 9.63. The molecule has 16 heavy (non-hydrogen) atoms. The highest BCUT2D eigenvalue weighted by atomic mass is 19.1. The van der Waals surface area contributed by atoms with Crippen molar-refractivity contribution in [3.63, 3.8) is 0 Å². The molecule has 1 aromatic carbocycles. The summed E-state index contributed by atoms with van der Waals surface area (Å²) in [6.45, 7) is 4.49. The van der Waals surface area contributed by atoms with Crippen molar-refractivity contribution in [3.8, 4) is 0 Å². The number of halogens is 1. The van der Waals surface area contributed by atoms with Crippen LogP contribution in [0.4, 0.5) is 4.39 Å². The van der Waals surface area contributed by atoms with Gasteiger partial charge in [-0.2, -0.15) is 0 Å². The molecule has 1 aliphatic rings. The number of hydrogen-bond acceptors (Lipinski definition) is 2. The standard InChI is InChI=1S/C13H18FNO/c1-10-4-5-12(14)7-11(10)9-16-13-3-2-6-15-8-13/h4-5,7,13,15H,2-3,6,8-9H2,1H3. The number of piperidine rings is 1. The van der Waals surface area contributed by atoms with Gasteiger partial charge in [0.2, 0.25) is 0 Å². The van der Waals surface area contributed by atoms with Crippen LogP contribution in [0.1, 0.15) is 24.0 Å². The minimum atomic E-state index is -0.189. The van der Waals surface area contributed by atoms with Crippen molar-refractivity contribution < 1.29 is 9.13 Å². The molecule has 1 saturated heterocycles. The van der Waals surface area contributed by atoms with Crippen LogP contribution in [0.2, 0.25) is 0 Å². The number of benzene rings is 1. The Morgan fingerprint density at radius 2 is 2.38 bits per heavy atom. The summed E-state index contributed by atoms with van der Waals surface area (Å²) >= 11 is 0. The summed E-state index contributed by atoms with van der Waals surface area (Å²) in [6, 6.07) is 4.85. The van der Waals surface area contributed by atoms with Gasteiger partial charge in [-0.1, -0.05) is 6.07 Å². The molecule has 1 atom stereocenters. The number of rotatable bonds is 3. The molecule has 0 saturated carbocycles. The van der Waals surface area contributed by atoms with E-state index in [0.29, 0.717) is 6.61 Å². The Labute approximate surface area is 95.8 Å². The molecule has 0 aromatic heterocycles. The zero-order chi connectivity index (χ0) is 11.4. The third-order valence-electron chi connectivity index (χ3n) is 3.04. The van der Waals surface area contributed by atoms with Crippen molar-refractivity contribution in [1.82, 2.24) is 5.32 Å². The summed E-state index contributed by atoms with van der Waals surface area (Å²) in [4.78, 5) is 0. The molecular formula is C13H18FNO. The molecule has 1 N–H and O–H groups in total. The number of ether oxygens (including phenoxy) is 1. The van der Waals surface area contributed by atoms with Crippen LogP contribution in [0.5, 0.6) is 0 Å². The Hall–Kier alpha value is -0.930. The van der Waals surface area contributed by atoms with Gasteiger partial charge >= 0.3 is 0 Å². The number of nitrogens with one attached hydrogen (secondary N) is 1. The lowest BCUT2D eigenvalue weighted by Crippen LogP contribution is -2.35. The molecule has 1 aliphatic heterocycles. The average molecular weight is 223 g/mol. The second kappa shape index (κ2) is 5.41. The maximum Gasteiger partial charge on any atom is 0.123 e. The smallest absolute Gasteiger partial charge is 0.123 e. The Bertz CT molecular complexity index is 348. The first-order valence-electron chi connectivity index (χ1n) is 5.83. The van der Waals surface area contributed by atoms with E-state index in [1.807, 2.05) is 6.92 Å². The summed E-state index contributed by atoms with van der Waals surface area (Å²) in [5, 5.41) is 3.30. The second-order valence-corrected chi connectivity index (χ2v) is 4.35. The topological polar surface area (TPSA) is 21.3 Å². The van der Waals surface area contributed by atoms with Gasteiger partial charge in [-0.05, 0) is 49.6 Å². The maximum atomic E-state index is 13.0. The van der Waals surface area contributed by atoms with Gasteiger partial charge in [-0.3, -0.25) is 0 Å². The molecule has 0 spiro atoms. The number of hydrogen-bond donors (Lipinski definition) is 1. The third-order valence-corrected chi connectivity index (χ3v) is 3.04. The van der Waals surface area contributed by atoms with Crippen molar-refractivity contribution in [3.05, 3.63) is 35.1 Å². The van der Waals surface area contributed by atoms with Crippen LogP contribution in [0.3, 0.4) is 0 Å². The molecule has 0 bridgehead atoms. The molecule has 0 radical (unpaired) electrons. The van der Waals surface area contributed by atoms with Crippen molar-refractivity contribution in [2.45, 2.75) is 32.5 Å². The maximum absolute atomic E-state index is 13.0. The zero-order valence-electron chi connectivity index (χ0n) is 9.63. The highest BCUT2D eigenvalue weighted by Crippen LogP contribution is 2.14. The van der Waals surface area contributed by atoms with E-state index in [4.69, 9.17) is 4.74 Å². The summed E-state index contributed by atoms with van der Waals surface area (Å²) in [7, 11) is 0. The SMILES string of the molecule is Cc1ccc(F)cc1COC1CCCNC1. The molecule has 0 aliphatic carbocycles. The van der Waals surface area contributed by atoms with Crippen molar-refractivity contribution in [2.75, 3.05) is 13.1 Å². The lowest BCUT2D eigenvalue weighted by atomic mass is 10.1. The highest BCUT2D eigenvalue weighted by Gasteiger charge is 2.13. The molecule has 0 amide bonds. The van der Waals surface area contributed by atoms with Crippen LogP contribution >= 0.6 is 0 Å². The van der Waals surface area contributed by atoms with Gasteiger partial charge in [-0.15, -0.1) is 0 Å². The molecule has 88 valence electrons. The lowest BCUT2D eigenvalue weighted by Gasteiger charge is -2.23. The van der Waals surface area contributed by atoms with Crippen molar-refractivity contribution >= 4 is 0 Å². The van der Waals surface area contributed by atoms with Gasteiger partial charge in [0.1, 0.15) is 5.82 Å². The van der Waals surface area contributed by atoms with Crippen LogP contribution in [-0.4, -0.2) is 19.2 Å². The summed E-state index contributed by atoms with van der Waals surface area (Å²) in [5.74, 6) is -0.189. The Morgan fingerprint density at radius 3 is 3.12 bits per heavy atom. The lowest BCUT2D eigenvalue weighted by molar-refractivity contribution is 0.0249. The van der Waals surface area contributed by atoms with Crippen LogP contribution < -0.4 is 5.32 Å². The van der Waals surface area contributed by atoms with Crippen molar-refractivity contribution in [2.24, 2.45) is 0 Å². The van der Waals surface area contributed by atoms with Crippen LogP contribution in [0.25, 0.3) is 0 Å². The first kappa shape index (κ1) is 11.6. The number of aryl methyl sites for hydroxylation is 1. The van der Waals surface area contributed by atoms with E-state index < -0.39 is 0 Å². The fraction of sp³-hybridized carbons (Fsp3) is 0.538. The minimum absolute atomic E-state index is 0.189. The molecule has 1 unspecified atom stereocenters. The second-order valence-electron chi connectivity index (χ2n) is 4.35. The Morgan fingerprint density at radius 1 is 1.50 bits per heavy atom. The molecular weight excluding hydrogens is 205 g/mol. The molecule has 3 heteroatoms. The van der Waals surface area contributed by atoms with Gasteiger partial charge < -0.3 is 10.1 Å². The minimum Gasteiger partial charge on any atom is -0.372 e. The van der Waals surface area contributed by atoms with Gasteiger partial charge in [0.25, 0.3) is 0 Å². The van der Waals surface area contributed by atoms with Crippen LogP contribution in [0, 0.1) is 12.7 Å². The van der Waals surface area contributed by atoms with E-state index in [-0.39, 0.29) is 11.9 Å². The summed E-state index contributed by atoms with van der Waals surface area (Å²) in [6.07, 6.45) is 2.53. The quantitative estimate of drug-likeness (QED) is 0.849. The van der Waals surface area contributed by atoms with Crippen LogP contribution in [0.15, 0.2) is 18.2 Å². The molecule has 1 fully saturated rings. The average Bonchev–Trinajstić information content (AvgIpc) is 2.32. The molecule has 1 heterocycles. The first-order chi connectivity index (χ1) is 7.75. The van der Waals surface area contributed by atoms with E-state index in [1.54, 1.807) is 12.1 Å². The van der Waals surface area contributed by atoms with Crippen LogP contribution in [-0.2, 0) is 11.3 Å². The monoisotopic (exact) mass is 223 g/mol. The highest BCUT2D eigenvalue weighted by molar-refractivity contribution is 5.25. The fourth-order valence-electron chi connectivity index (χ4n) is 1.97. The predicted molar refractivity (Wildman–Crippen MR) is 61.8 cm³/mol. The Balaban J connectivity index is 1.90. The van der Waals surface area contributed by atoms with E-state index in [9.17, 15) is 4.39 Å². The van der Waals surface area contributed by atoms with Gasteiger partial charge in [0.15, 0.2) is 0 Å². The van der Waals surface area contributed by atoms with Gasteiger partial charge in [0, 0.05) is 6.54 Å². The Kier molecular flexibility index (Phi) is 3.91. The van der Waals surface area contributed by atoms with Crippen molar-refractivity contribution in [1.29, 1.82) is 0 Å². The van der Waals surface area contributed by atoms with E-state index in [0.717, 1.165) is 37.1 Å². The van der Waals surface area contributed by atoms with Gasteiger partial charge in [0.05, 0.1) is 12.7 Å². The first-order valence-corrected chi connectivity index (χ1v) is 5.83. The predicted octanol–water partition coefficient (Wildman–Crippen LogP) is 2.40. The fourth-order valence-corrected chi connectivity index (χ4v) is 1.97. The van der Waals surface area contributed by atoms with E-state index >= 15 is 0 Å². The molecule has 2 nitrogen and oxygen atoms in total. The van der Waals surface area contributed by atoms with E-state index in [2.05, 4.69) is 5.32 Å². The third kappa shape index (κ3) is 3.03. The van der Waals surface area contributed by atoms with Gasteiger partial charge in [-0.25, -0.2) is 4.39 Å². The summed E-state index contributed by atoms with van der Waals surface area (Å²) < 4.78 is 18.8.